The van der Waals surface area contributed by atoms with Crippen molar-refractivity contribution in [3.63, 3.8) is 0 Å². The number of halogens is 3. The Labute approximate surface area is 137 Å². The highest BCUT2D eigenvalue weighted by Crippen LogP contribution is 2.47. The van der Waals surface area contributed by atoms with Crippen molar-refractivity contribution in [2.24, 2.45) is 11.8 Å². The predicted octanol–water partition coefficient (Wildman–Crippen LogP) is 2.17. The summed E-state index contributed by atoms with van der Waals surface area (Å²) in [5.74, 6) is -0.953. The number of nitrogens with zero attached hydrogens (tertiary/aromatic N) is 2. The first-order valence-corrected chi connectivity index (χ1v) is 9.37. The third-order valence-electron chi connectivity index (χ3n) is 4.91. The predicted molar refractivity (Wildman–Crippen MR) is 78.5 cm³/mol. The second-order valence-electron chi connectivity index (χ2n) is 6.43. The van der Waals surface area contributed by atoms with Crippen molar-refractivity contribution in [1.82, 2.24) is 14.5 Å². The number of carbonyl (C=O) groups excluding carboxylic acids is 1. The van der Waals surface area contributed by atoms with Gasteiger partial charge < -0.3 is 0 Å². The molecule has 3 atom stereocenters. The van der Waals surface area contributed by atoms with E-state index in [1.54, 1.807) is 6.92 Å². The summed E-state index contributed by atoms with van der Waals surface area (Å²) in [6.07, 6.45) is -0.870. The minimum absolute atomic E-state index is 0.0132. The molecule has 2 saturated carbocycles. The fraction of sp³-hybridized carbons (Fsp3) is 0.714. The zero-order valence-corrected chi connectivity index (χ0v) is 13.8. The number of aromatic nitrogens is 2. The standard InChI is InChI=1S/C14H18F3N3O3S/c1-2-20-7-10(12(18-20)14(15,16)17)13(21)19-24(22,23)11-6-8-3-4-9(11)5-8/h7-9,11H,2-6H2,1H3,(H,19,21)/t8-,9+,11?/m1/s1. The van der Waals surface area contributed by atoms with Crippen molar-refractivity contribution < 1.29 is 26.4 Å². The van der Waals surface area contributed by atoms with Crippen LogP contribution in [0.2, 0.25) is 0 Å². The quantitative estimate of drug-likeness (QED) is 0.887. The third kappa shape index (κ3) is 3.03. The number of sulfonamides is 1. The molecule has 2 aliphatic carbocycles. The van der Waals surface area contributed by atoms with E-state index in [-0.39, 0.29) is 12.5 Å². The largest absolute Gasteiger partial charge is 0.435 e. The molecule has 1 heterocycles. The summed E-state index contributed by atoms with van der Waals surface area (Å²) >= 11 is 0. The topological polar surface area (TPSA) is 81.1 Å². The second kappa shape index (κ2) is 5.75. The van der Waals surface area contributed by atoms with E-state index in [2.05, 4.69) is 5.10 Å². The Morgan fingerprint density at radius 1 is 1.38 bits per heavy atom. The molecule has 1 amide bonds. The number of nitrogens with one attached hydrogen (secondary N) is 1. The summed E-state index contributed by atoms with van der Waals surface area (Å²) in [5.41, 5.74) is -2.14. The van der Waals surface area contributed by atoms with Gasteiger partial charge in [-0.2, -0.15) is 18.3 Å². The van der Waals surface area contributed by atoms with Crippen molar-refractivity contribution in [1.29, 1.82) is 0 Å². The normalized spacial score (nSPS) is 26.8. The van der Waals surface area contributed by atoms with Gasteiger partial charge in [0.15, 0.2) is 5.69 Å². The van der Waals surface area contributed by atoms with Crippen LogP contribution in [0.5, 0.6) is 0 Å². The van der Waals surface area contributed by atoms with Gasteiger partial charge >= 0.3 is 6.18 Å². The Morgan fingerprint density at radius 2 is 2.08 bits per heavy atom. The van der Waals surface area contributed by atoms with Crippen LogP contribution in [0.3, 0.4) is 0 Å². The fourth-order valence-electron chi connectivity index (χ4n) is 3.79. The molecule has 6 nitrogen and oxygen atoms in total. The van der Waals surface area contributed by atoms with Gasteiger partial charge in [-0.3, -0.25) is 9.48 Å². The summed E-state index contributed by atoms with van der Waals surface area (Å²) in [6.45, 7) is 1.70. The summed E-state index contributed by atoms with van der Waals surface area (Å²) in [7, 11) is -4.00. The van der Waals surface area contributed by atoms with Crippen molar-refractivity contribution in [2.75, 3.05) is 0 Å². The first-order valence-electron chi connectivity index (χ1n) is 7.82. The lowest BCUT2D eigenvalue weighted by Gasteiger charge is -2.21. The number of fused-ring (bicyclic) bond motifs is 2. The van der Waals surface area contributed by atoms with Crippen molar-refractivity contribution >= 4 is 15.9 Å². The number of hydrogen-bond donors (Lipinski definition) is 1. The van der Waals surface area contributed by atoms with Crippen LogP contribution in [0, 0.1) is 11.8 Å². The molecule has 2 bridgehead atoms. The molecule has 1 N–H and O–H groups in total. The second-order valence-corrected chi connectivity index (χ2v) is 8.33. The zero-order chi connectivity index (χ0) is 17.7. The summed E-state index contributed by atoms with van der Waals surface area (Å²) in [4.78, 5) is 12.2. The first kappa shape index (κ1) is 17.2. The Hall–Kier alpha value is -1.58. The van der Waals surface area contributed by atoms with Crippen LogP contribution in [0.1, 0.15) is 48.7 Å². The number of hydrogen-bond acceptors (Lipinski definition) is 4. The molecule has 0 aliphatic heterocycles. The van der Waals surface area contributed by atoms with E-state index < -0.39 is 38.6 Å². The molecule has 2 aliphatic rings. The van der Waals surface area contributed by atoms with E-state index in [1.165, 1.54) is 0 Å². The maximum atomic E-state index is 13.0. The number of carbonyl (C=O) groups is 1. The molecule has 0 radical (unpaired) electrons. The lowest BCUT2D eigenvalue weighted by atomic mass is 10.0. The third-order valence-corrected chi connectivity index (χ3v) is 6.75. The Balaban J connectivity index is 1.83. The van der Waals surface area contributed by atoms with Crippen molar-refractivity contribution in [3.8, 4) is 0 Å². The zero-order valence-electron chi connectivity index (χ0n) is 13.0. The number of rotatable bonds is 4. The summed E-state index contributed by atoms with van der Waals surface area (Å²) < 4.78 is 66.6. The van der Waals surface area contributed by atoms with Gasteiger partial charge in [-0.25, -0.2) is 13.1 Å². The SMILES string of the molecule is CCn1cc(C(=O)NS(=O)(=O)C2C[C@@H]3CC[C@H]2C3)c(C(F)(F)F)n1. The fourth-order valence-corrected chi connectivity index (χ4v) is 5.58. The van der Waals surface area contributed by atoms with E-state index in [4.69, 9.17) is 0 Å². The van der Waals surface area contributed by atoms with Crippen LogP contribution in [-0.2, 0) is 22.7 Å². The van der Waals surface area contributed by atoms with Gasteiger partial charge in [-0.05, 0) is 38.0 Å². The van der Waals surface area contributed by atoms with Gasteiger partial charge in [0, 0.05) is 12.7 Å². The van der Waals surface area contributed by atoms with Crippen LogP contribution in [-0.4, -0.2) is 29.4 Å². The Bertz CT molecular complexity index is 757. The number of aryl methyl sites for hydroxylation is 1. The molecular formula is C14H18F3N3O3S. The maximum Gasteiger partial charge on any atom is 0.435 e. The highest BCUT2D eigenvalue weighted by atomic mass is 32.2. The van der Waals surface area contributed by atoms with Crippen LogP contribution in [0.25, 0.3) is 0 Å². The monoisotopic (exact) mass is 365 g/mol. The number of amides is 1. The minimum atomic E-state index is -4.83. The average Bonchev–Trinajstić information content (AvgIpc) is 3.20. The average molecular weight is 365 g/mol. The first-order chi connectivity index (χ1) is 11.1. The highest BCUT2D eigenvalue weighted by molar-refractivity contribution is 7.90. The Morgan fingerprint density at radius 3 is 2.58 bits per heavy atom. The molecular weight excluding hydrogens is 347 g/mol. The van der Waals surface area contributed by atoms with Crippen molar-refractivity contribution in [3.05, 3.63) is 17.5 Å². The van der Waals surface area contributed by atoms with Gasteiger partial charge in [0.25, 0.3) is 5.91 Å². The minimum Gasteiger partial charge on any atom is -0.272 e. The van der Waals surface area contributed by atoms with E-state index in [0.717, 1.165) is 30.1 Å². The molecule has 0 saturated heterocycles. The molecule has 2 fully saturated rings. The van der Waals surface area contributed by atoms with E-state index in [1.807, 2.05) is 4.72 Å². The van der Waals surface area contributed by atoms with Gasteiger partial charge in [-0.15, -0.1) is 0 Å². The van der Waals surface area contributed by atoms with Crippen molar-refractivity contribution in [2.45, 2.75) is 50.6 Å². The molecule has 3 rings (SSSR count). The molecule has 0 aromatic carbocycles. The van der Waals surface area contributed by atoms with Gasteiger partial charge in [0.1, 0.15) is 0 Å². The molecule has 1 aromatic heterocycles. The lowest BCUT2D eigenvalue weighted by molar-refractivity contribution is -0.141. The van der Waals surface area contributed by atoms with Gasteiger partial charge in [-0.1, -0.05) is 6.42 Å². The Kier molecular flexibility index (Phi) is 4.13. The molecule has 134 valence electrons. The van der Waals surface area contributed by atoms with Crippen LogP contribution in [0.4, 0.5) is 13.2 Å². The highest BCUT2D eigenvalue weighted by Gasteiger charge is 2.47. The number of alkyl halides is 3. The van der Waals surface area contributed by atoms with Gasteiger partial charge in [0.05, 0.1) is 10.8 Å². The summed E-state index contributed by atoms with van der Waals surface area (Å²) in [5, 5.41) is 2.62. The van der Waals surface area contributed by atoms with Crippen LogP contribution >= 0.6 is 0 Å². The molecule has 0 spiro atoms. The molecule has 24 heavy (non-hydrogen) atoms. The molecule has 1 aromatic rings. The molecule has 10 heteroatoms. The molecule has 1 unspecified atom stereocenters. The van der Waals surface area contributed by atoms with E-state index in [0.29, 0.717) is 12.3 Å². The van der Waals surface area contributed by atoms with Gasteiger partial charge in [0.2, 0.25) is 10.0 Å². The summed E-state index contributed by atoms with van der Waals surface area (Å²) in [6, 6.07) is 0. The van der Waals surface area contributed by atoms with E-state index in [9.17, 15) is 26.4 Å². The lowest BCUT2D eigenvalue weighted by Crippen LogP contribution is -2.41. The van der Waals surface area contributed by atoms with Crippen LogP contribution in [0.15, 0.2) is 6.20 Å². The maximum absolute atomic E-state index is 13.0. The smallest absolute Gasteiger partial charge is 0.272 e. The van der Waals surface area contributed by atoms with Crippen LogP contribution < -0.4 is 4.72 Å². The van der Waals surface area contributed by atoms with E-state index >= 15 is 0 Å².